The van der Waals surface area contributed by atoms with Gasteiger partial charge in [-0.2, -0.15) is 4.99 Å². The van der Waals surface area contributed by atoms with Gasteiger partial charge in [-0.15, -0.1) is 18.3 Å². The van der Waals surface area contributed by atoms with E-state index in [2.05, 4.69) is 25.1 Å². The highest BCUT2D eigenvalue weighted by atomic mass is 32.2. The first-order valence-electron chi connectivity index (χ1n) is 14.3. The number of ether oxygens (including phenoxy) is 2. The number of urea groups is 1. The van der Waals surface area contributed by atoms with Crippen LogP contribution in [0.4, 0.5) is 23.7 Å². The largest absolute Gasteiger partial charge is 0.573 e. The fourth-order valence-corrected chi connectivity index (χ4v) is 5.74. The summed E-state index contributed by atoms with van der Waals surface area (Å²) in [5, 5.41) is 7.58. The lowest BCUT2D eigenvalue weighted by molar-refractivity contribution is -0.274. The third-order valence-corrected chi connectivity index (χ3v) is 8.08. The first-order chi connectivity index (χ1) is 21.9. The van der Waals surface area contributed by atoms with E-state index in [4.69, 9.17) is 4.74 Å². The maximum atomic E-state index is 12.8. The number of aliphatic imine (C=N–C) groups is 1. The van der Waals surface area contributed by atoms with Gasteiger partial charge in [0.25, 0.3) is 0 Å². The van der Waals surface area contributed by atoms with Crippen molar-refractivity contribution in [3.63, 3.8) is 0 Å². The second kappa shape index (κ2) is 13.6. The Hall–Kier alpha value is -4.85. The summed E-state index contributed by atoms with van der Waals surface area (Å²) in [5.41, 5.74) is 4.84. The van der Waals surface area contributed by atoms with Crippen molar-refractivity contribution in [1.29, 1.82) is 0 Å². The number of benzene rings is 3. The Morgan fingerprint density at radius 1 is 1.09 bits per heavy atom. The van der Waals surface area contributed by atoms with Gasteiger partial charge in [0, 0.05) is 18.2 Å². The summed E-state index contributed by atoms with van der Waals surface area (Å²) in [5.74, 6) is 0.885. The molecule has 3 amide bonds. The Bertz CT molecular complexity index is 1770. The van der Waals surface area contributed by atoms with Gasteiger partial charge in [-0.1, -0.05) is 43.8 Å². The second-order valence-electron chi connectivity index (χ2n) is 10.7. The molecule has 0 bridgehead atoms. The van der Waals surface area contributed by atoms with Crippen LogP contribution in [0.25, 0.3) is 17.1 Å². The number of amides is 3. The zero-order valence-electron chi connectivity index (χ0n) is 25.5. The molecule has 46 heavy (non-hydrogen) atoms. The molecule has 1 fully saturated rings. The molecule has 0 atom stereocenters. The Morgan fingerprint density at radius 3 is 2.50 bits per heavy atom. The van der Waals surface area contributed by atoms with E-state index >= 15 is 0 Å². The van der Waals surface area contributed by atoms with Gasteiger partial charge in [0.15, 0.2) is 11.0 Å². The topological polar surface area (TPSA) is 111 Å². The van der Waals surface area contributed by atoms with E-state index in [1.807, 2.05) is 51.1 Å². The minimum absolute atomic E-state index is 0.137. The summed E-state index contributed by atoms with van der Waals surface area (Å²) in [7, 11) is 1.56. The molecule has 2 heterocycles. The number of aryl methyl sites for hydroxylation is 1. The van der Waals surface area contributed by atoms with Gasteiger partial charge in [0.05, 0.1) is 24.2 Å². The van der Waals surface area contributed by atoms with E-state index in [9.17, 15) is 22.8 Å². The highest BCUT2D eigenvalue weighted by Crippen LogP contribution is 2.36. The average Bonchev–Trinajstić information content (AvgIpc) is 3.64. The molecule has 1 aliphatic rings. The fraction of sp³-hybridized carbons (Fsp3) is 0.281. The van der Waals surface area contributed by atoms with E-state index in [0.717, 1.165) is 22.3 Å². The standard InChI is InChI=1S/C32H31F3N6O4S/c1-19(2)26-12-11-25(44-4)16-27(26)41-28(42)17-46-31(41)38-30(43)36-14-13-21-5-6-22(15-20(21)3)29-37-18-40(39-29)23-7-9-24(10-8-23)45-32(33,34)35/h5-12,15-16,18-19H,13-14,17H2,1-4H3,(H,36,43). The van der Waals surface area contributed by atoms with Crippen molar-refractivity contribution in [1.82, 2.24) is 20.1 Å². The second-order valence-corrected chi connectivity index (χ2v) is 11.6. The molecule has 3 aromatic carbocycles. The zero-order chi connectivity index (χ0) is 33.0. The number of carbonyl (C=O) groups is 2. The Kier molecular flexibility index (Phi) is 9.65. The number of nitrogens with one attached hydrogen (secondary N) is 1. The number of hydrogen-bond donors (Lipinski definition) is 1. The third-order valence-electron chi connectivity index (χ3n) is 7.16. The quantitative estimate of drug-likeness (QED) is 0.215. The van der Waals surface area contributed by atoms with Crippen molar-refractivity contribution in [3.05, 3.63) is 83.7 Å². The molecule has 1 saturated heterocycles. The van der Waals surface area contributed by atoms with E-state index in [0.29, 0.717) is 41.1 Å². The molecule has 0 spiro atoms. The number of halogens is 3. The van der Waals surface area contributed by atoms with Gasteiger partial charge in [-0.05, 0) is 72.4 Å². The number of methoxy groups -OCH3 is 1. The average molecular weight is 653 g/mol. The van der Waals surface area contributed by atoms with Crippen LogP contribution < -0.4 is 19.7 Å². The van der Waals surface area contributed by atoms with Gasteiger partial charge in [0.1, 0.15) is 17.8 Å². The smallest absolute Gasteiger partial charge is 0.497 e. The van der Waals surface area contributed by atoms with Crippen molar-refractivity contribution in [2.45, 2.75) is 39.5 Å². The third kappa shape index (κ3) is 7.68. The van der Waals surface area contributed by atoms with Gasteiger partial charge in [-0.25, -0.2) is 14.5 Å². The van der Waals surface area contributed by atoms with Gasteiger partial charge in [0.2, 0.25) is 5.91 Å². The summed E-state index contributed by atoms with van der Waals surface area (Å²) >= 11 is 1.21. The number of carbonyl (C=O) groups excluding carboxylic acids is 2. The number of aromatic nitrogens is 3. The SMILES string of the molecule is COc1ccc(C(C)C)c(N2C(=O)CSC2=NC(=O)NCCc2ccc(-c3ncn(-c4ccc(OC(F)(F)F)cc4)n3)cc2C)c1. The molecule has 0 saturated carbocycles. The molecule has 10 nitrogen and oxygen atoms in total. The normalized spacial score (nSPS) is 14.3. The molecular formula is C32H31F3N6O4S. The van der Waals surface area contributed by atoms with Crippen LogP contribution in [0.15, 0.2) is 72.0 Å². The van der Waals surface area contributed by atoms with Crippen LogP contribution in [-0.2, 0) is 11.2 Å². The predicted molar refractivity (Wildman–Crippen MR) is 170 cm³/mol. The molecule has 0 radical (unpaired) electrons. The van der Waals surface area contributed by atoms with Gasteiger partial charge < -0.3 is 14.8 Å². The lowest BCUT2D eigenvalue weighted by atomic mass is 10.00. The van der Waals surface area contributed by atoms with Crippen molar-refractivity contribution in [2.24, 2.45) is 4.99 Å². The van der Waals surface area contributed by atoms with E-state index in [1.165, 1.54) is 51.9 Å². The lowest BCUT2D eigenvalue weighted by Gasteiger charge is -2.22. The van der Waals surface area contributed by atoms with Crippen molar-refractivity contribution < 1.29 is 32.2 Å². The van der Waals surface area contributed by atoms with Crippen molar-refractivity contribution in [3.8, 4) is 28.6 Å². The number of thioether (sulfide) groups is 1. The first-order valence-corrected chi connectivity index (χ1v) is 15.3. The van der Waals surface area contributed by atoms with E-state index in [1.54, 1.807) is 13.2 Å². The van der Waals surface area contributed by atoms with E-state index < -0.39 is 12.4 Å². The van der Waals surface area contributed by atoms with E-state index in [-0.39, 0.29) is 23.3 Å². The first kappa shape index (κ1) is 32.5. The molecule has 5 rings (SSSR count). The number of anilines is 1. The Morgan fingerprint density at radius 2 is 1.83 bits per heavy atom. The highest BCUT2D eigenvalue weighted by Gasteiger charge is 2.33. The van der Waals surface area contributed by atoms with Crippen LogP contribution in [0.1, 0.15) is 36.5 Å². The number of nitrogens with zero attached hydrogens (tertiary/aromatic N) is 5. The van der Waals surface area contributed by atoms with Gasteiger partial charge in [-0.3, -0.25) is 9.69 Å². The minimum atomic E-state index is -4.76. The zero-order valence-corrected chi connectivity index (χ0v) is 26.3. The van der Waals surface area contributed by atoms with Crippen LogP contribution in [0, 0.1) is 6.92 Å². The maximum absolute atomic E-state index is 12.8. The van der Waals surface area contributed by atoms with Crippen LogP contribution in [0.2, 0.25) is 0 Å². The summed E-state index contributed by atoms with van der Waals surface area (Å²) in [6.45, 7) is 6.33. The van der Waals surface area contributed by atoms with Crippen molar-refractivity contribution in [2.75, 3.05) is 24.3 Å². The monoisotopic (exact) mass is 652 g/mol. The molecular weight excluding hydrogens is 621 g/mol. The Balaban J connectivity index is 1.21. The highest BCUT2D eigenvalue weighted by molar-refractivity contribution is 8.15. The van der Waals surface area contributed by atoms with Crippen LogP contribution in [-0.4, -0.2) is 57.6 Å². The predicted octanol–water partition coefficient (Wildman–Crippen LogP) is 6.66. The number of amidine groups is 1. The maximum Gasteiger partial charge on any atom is 0.573 e. The fourth-order valence-electron chi connectivity index (χ4n) is 4.88. The lowest BCUT2D eigenvalue weighted by Crippen LogP contribution is -2.32. The number of rotatable bonds is 9. The summed E-state index contributed by atoms with van der Waals surface area (Å²) in [4.78, 5) is 35.7. The molecule has 1 aliphatic heterocycles. The molecule has 240 valence electrons. The molecule has 1 N–H and O–H groups in total. The summed E-state index contributed by atoms with van der Waals surface area (Å²) < 4.78 is 48.0. The van der Waals surface area contributed by atoms with Crippen LogP contribution >= 0.6 is 11.8 Å². The van der Waals surface area contributed by atoms with Crippen molar-refractivity contribution >= 4 is 34.6 Å². The molecule has 0 aliphatic carbocycles. The molecule has 1 aromatic heterocycles. The van der Waals surface area contributed by atoms with Gasteiger partial charge >= 0.3 is 12.4 Å². The minimum Gasteiger partial charge on any atom is -0.497 e. The molecule has 4 aromatic rings. The number of hydrogen-bond acceptors (Lipinski definition) is 7. The Labute approximate surface area is 267 Å². The molecule has 14 heteroatoms. The van der Waals surface area contributed by atoms with Crippen LogP contribution in [0.5, 0.6) is 11.5 Å². The van der Waals surface area contributed by atoms with Crippen LogP contribution in [0.3, 0.4) is 0 Å². The molecule has 0 unspecified atom stereocenters. The summed E-state index contributed by atoms with van der Waals surface area (Å²) in [6, 6.07) is 16.0. The number of alkyl halides is 3. The summed E-state index contributed by atoms with van der Waals surface area (Å²) in [6.07, 6.45) is -2.75.